The molecule has 3 fully saturated rings. The van der Waals surface area contributed by atoms with E-state index in [9.17, 15) is 35.4 Å². The third-order valence-electron chi connectivity index (χ3n) is 8.73. The Kier molecular flexibility index (Phi) is 5.70. The molecule has 0 amide bonds. The smallest absolute Gasteiger partial charge is 0.229 e. The number of fused-ring (bicyclic) bond motifs is 5. The second-order valence-corrected chi connectivity index (χ2v) is 10.4. The molecule has 1 heterocycles. The van der Waals surface area contributed by atoms with Crippen LogP contribution in [0.1, 0.15) is 49.7 Å². The maximum absolute atomic E-state index is 11.2. The van der Waals surface area contributed by atoms with E-state index in [1.807, 2.05) is 12.1 Å². The first-order valence-electron chi connectivity index (χ1n) is 11.7. The van der Waals surface area contributed by atoms with Crippen LogP contribution in [-0.2, 0) is 16.0 Å². The number of aryl methyl sites for hydroxylation is 1. The van der Waals surface area contributed by atoms with Gasteiger partial charge in [0.1, 0.15) is 30.2 Å². The molecular weight excluding hydrogens is 432 g/mol. The van der Waals surface area contributed by atoms with E-state index in [-0.39, 0.29) is 11.3 Å². The topological polar surface area (TPSA) is 160 Å². The molecule has 3 aliphatic carbocycles. The van der Waals surface area contributed by atoms with E-state index in [4.69, 9.17) is 9.47 Å². The minimum Gasteiger partial charge on any atom is -0.547 e. The Balaban J connectivity index is 1.34. The Bertz CT molecular complexity index is 921. The third-order valence-corrected chi connectivity index (χ3v) is 8.73. The van der Waals surface area contributed by atoms with Gasteiger partial charge in [0.2, 0.25) is 6.29 Å². The molecule has 9 nitrogen and oxygen atoms in total. The maximum atomic E-state index is 11.2. The number of carboxylic acid groups (broad SMARTS) is 1. The minimum absolute atomic E-state index is 0.253. The highest BCUT2D eigenvalue weighted by Gasteiger charge is 2.57. The van der Waals surface area contributed by atoms with Crippen molar-refractivity contribution in [3.8, 4) is 5.75 Å². The standard InChI is InChI=1S/C24H32O9/c1-24-7-6-13-12-5-3-11(32-23-19(28)17(26)18(27)20(33-23)22(30)31)8-10(12)2-4-14(13)15(24)9-16(25)21(24)29/h3,5,8,13-21,23,25-29H,2,4,6-7,9H2,1H3,(H,30,31)/p-1/t13-,14-,15+,16-,17+,18+,19-,20+,21-,23-,24+/m1/s1. The number of aliphatic carboxylic acids is 1. The Labute approximate surface area is 191 Å². The van der Waals surface area contributed by atoms with Crippen LogP contribution in [0.3, 0.4) is 0 Å². The number of ether oxygens (including phenoxy) is 2. The number of aliphatic hydroxyl groups excluding tert-OH is 5. The molecule has 5 rings (SSSR count). The second-order valence-electron chi connectivity index (χ2n) is 10.4. The highest BCUT2D eigenvalue weighted by molar-refractivity contribution is 5.71. The fourth-order valence-electron chi connectivity index (χ4n) is 6.89. The summed E-state index contributed by atoms with van der Waals surface area (Å²) in [6.07, 6.45) is -5.72. The molecule has 11 atom stereocenters. The van der Waals surface area contributed by atoms with Gasteiger partial charge in [-0.05, 0) is 78.5 Å². The molecule has 33 heavy (non-hydrogen) atoms. The summed E-state index contributed by atoms with van der Waals surface area (Å²) in [6.45, 7) is 2.10. The van der Waals surface area contributed by atoms with Gasteiger partial charge in [0, 0.05) is 0 Å². The first kappa shape index (κ1) is 23.0. The molecule has 182 valence electrons. The second kappa shape index (κ2) is 8.18. The average molecular weight is 464 g/mol. The zero-order valence-electron chi connectivity index (χ0n) is 18.4. The van der Waals surface area contributed by atoms with Crippen molar-refractivity contribution in [2.75, 3.05) is 0 Å². The maximum Gasteiger partial charge on any atom is 0.229 e. The van der Waals surface area contributed by atoms with Gasteiger partial charge in [-0.3, -0.25) is 0 Å². The summed E-state index contributed by atoms with van der Waals surface area (Å²) in [6, 6.07) is 5.55. The molecule has 4 aliphatic rings. The molecule has 9 heteroatoms. The molecule has 5 N–H and O–H groups in total. The van der Waals surface area contributed by atoms with Crippen LogP contribution in [0.15, 0.2) is 18.2 Å². The van der Waals surface area contributed by atoms with Gasteiger partial charge in [-0.25, -0.2) is 0 Å². The van der Waals surface area contributed by atoms with Crippen LogP contribution in [0, 0.1) is 17.3 Å². The SMILES string of the molecule is C[C@]12CC[C@@H]3c4ccc(O[C@@H]5O[C@H](C(=O)[O-])[C@@H](O)[C@H](O)[C@H]5O)cc4CC[C@H]3[C@@H]1C[C@@H](O)[C@H]2O. The predicted molar refractivity (Wildman–Crippen MR) is 111 cm³/mol. The zero-order valence-corrected chi connectivity index (χ0v) is 18.4. The van der Waals surface area contributed by atoms with Crippen LogP contribution in [0.5, 0.6) is 5.75 Å². The number of rotatable bonds is 3. The van der Waals surface area contributed by atoms with Crippen LogP contribution >= 0.6 is 0 Å². The fourth-order valence-corrected chi connectivity index (χ4v) is 6.89. The van der Waals surface area contributed by atoms with E-state index in [0.717, 1.165) is 31.2 Å². The van der Waals surface area contributed by atoms with Gasteiger partial charge < -0.3 is 44.9 Å². The third kappa shape index (κ3) is 3.57. The number of hydrogen-bond acceptors (Lipinski definition) is 9. The summed E-state index contributed by atoms with van der Waals surface area (Å²) >= 11 is 0. The molecule has 0 radical (unpaired) electrons. The number of aliphatic hydroxyl groups is 5. The first-order valence-corrected chi connectivity index (χ1v) is 11.7. The lowest BCUT2D eigenvalue weighted by Gasteiger charge is -2.50. The quantitative estimate of drug-likeness (QED) is 0.371. The normalized spacial score (nSPS) is 46.7. The molecule has 1 aromatic carbocycles. The lowest BCUT2D eigenvalue weighted by atomic mass is 9.55. The van der Waals surface area contributed by atoms with Crippen molar-refractivity contribution >= 4 is 5.97 Å². The average Bonchev–Trinajstić information content (AvgIpc) is 3.02. The number of benzene rings is 1. The molecule has 0 spiro atoms. The molecule has 1 aromatic rings. The molecule has 0 bridgehead atoms. The molecule has 0 unspecified atom stereocenters. The van der Waals surface area contributed by atoms with E-state index < -0.39 is 48.9 Å². The van der Waals surface area contributed by atoms with Crippen molar-refractivity contribution in [3.63, 3.8) is 0 Å². The first-order chi connectivity index (χ1) is 15.6. The Morgan fingerprint density at radius 1 is 1.12 bits per heavy atom. The van der Waals surface area contributed by atoms with Crippen molar-refractivity contribution in [2.24, 2.45) is 17.3 Å². The van der Waals surface area contributed by atoms with Gasteiger partial charge in [0.25, 0.3) is 0 Å². The van der Waals surface area contributed by atoms with Gasteiger partial charge in [0.05, 0.1) is 18.2 Å². The van der Waals surface area contributed by atoms with Crippen LogP contribution in [0.25, 0.3) is 0 Å². The van der Waals surface area contributed by atoms with Gasteiger partial charge in [-0.2, -0.15) is 0 Å². The van der Waals surface area contributed by atoms with E-state index in [1.165, 1.54) is 5.56 Å². The Hall–Kier alpha value is -1.75. The molecule has 0 aromatic heterocycles. The van der Waals surface area contributed by atoms with Crippen LogP contribution in [-0.4, -0.2) is 74.4 Å². The number of carbonyl (C=O) groups is 1. The number of hydrogen-bond donors (Lipinski definition) is 5. The van der Waals surface area contributed by atoms with Crippen molar-refractivity contribution in [3.05, 3.63) is 29.3 Å². The lowest BCUT2D eigenvalue weighted by molar-refractivity contribution is -0.342. The predicted octanol–water partition coefficient (Wildman–Crippen LogP) is -1.19. The minimum atomic E-state index is -1.82. The summed E-state index contributed by atoms with van der Waals surface area (Å²) < 4.78 is 10.8. The fraction of sp³-hybridized carbons (Fsp3) is 0.708. The summed E-state index contributed by atoms with van der Waals surface area (Å²) in [5, 5.41) is 62.1. The molecule has 1 saturated heterocycles. The highest BCUT2D eigenvalue weighted by atomic mass is 16.7. The van der Waals surface area contributed by atoms with Crippen molar-refractivity contribution in [1.82, 2.24) is 0 Å². The Morgan fingerprint density at radius 2 is 1.88 bits per heavy atom. The lowest BCUT2D eigenvalue weighted by Crippen LogP contribution is -2.63. The van der Waals surface area contributed by atoms with E-state index in [1.54, 1.807) is 6.07 Å². The molecule has 1 aliphatic heterocycles. The molecular formula is C24H31O9-. The summed E-state index contributed by atoms with van der Waals surface area (Å²) in [7, 11) is 0. The number of carbonyl (C=O) groups excluding carboxylic acids is 1. The highest BCUT2D eigenvalue weighted by Crippen LogP contribution is 2.61. The Morgan fingerprint density at radius 3 is 2.61 bits per heavy atom. The molecule has 2 saturated carbocycles. The van der Waals surface area contributed by atoms with E-state index >= 15 is 0 Å². The van der Waals surface area contributed by atoms with E-state index in [2.05, 4.69) is 6.92 Å². The zero-order chi connectivity index (χ0) is 23.7. The van der Waals surface area contributed by atoms with Crippen molar-refractivity contribution in [2.45, 2.75) is 87.9 Å². The largest absolute Gasteiger partial charge is 0.547 e. The van der Waals surface area contributed by atoms with Gasteiger partial charge in [-0.1, -0.05) is 13.0 Å². The van der Waals surface area contributed by atoms with Crippen LogP contribution in [0.4, 0.5) is 0 Å². The van der Waals surface area contributed by atoms with Crippen molar-refractivity contribution in [1.29, 1.82) is 0 Å². The van der Waals surface area contributed by atoms with Gasteiger partial charge in [0.15, 0.2) is 0 Å². The summed E-state index contributed by atoms with van der Waals surface area (Å²) in [4.78, 5) is 11.2. The summed E-state index contributed by atoms with van der Waals surface area (Å²) in [5.41, 5.74) is 2.06. The van der Waals surface area contributed by atoms with Gasteiger partial charge >= 0.3 is 0 Å². The monoisotopic (exact) mass is 463 g/mol. The number of carboxylic acids is 1. The van der Waals surface area contributed by atoms with Gasteiger partial charge in [-0.15, -0.1) is 0 Å². The van der Waals surface area contributed by atoms with Crippen molar-refractivity contribution < 1.29 is 44.9 Å². The summed E-state index contributed by atoms with van der Waals surface area (Å²) in [5.74, 6) is -0.354. The van der Waals surface area contributed by atoms with Crippen LogP contribution < -0.4 is 9.84 Å². The van der Waals surface area contributed by atoms with Crippen LogP contribution in [0.2, 0.25) is 0 Å². The van der Waals surface area contributed by atoms with E-state index in [0.29, 0.717) is 24.0 Å².